The van der Waals surface area contributed by atoms with Gasteiger partial charge in [0.1, 0.15) is 5.75 Å². The molecule has 0 spiro atoms. The van der Waals surface area contributed by atoms with Crippen LogP contribution in [0.5, 0.6) is 28.7 Å². The molecule has 3 rings (SSSR count). The fraction of sp³-hybridized carbons (Fsp3) is 0.148. The van der Waals surface area contributed by atoms with Crippen LogP contribution in [0, 0.1) is 5.82 Å². The fourth-order valence-corrected chi connectivity index (χ4v) is 3.30. The van der Waals surface area contributed by atoms with E-state index in [9.17, 15) is 14.3 Å². The molecule has 0 amide bonds. The number of ether oxygens (including phenoxy) is 4. The van der Waals surface area contributed by atoms with Crippen molar-refractivity contribution < 1.29 is 33.2 Å². The summed E-state index contributed by atoms with van der Waals surface area (Å²) in [7, 11) is 5.95. The Kier molecular flexibility index (Phi) is 8.34. The number of halogens is 1. The van der Waals surface area contributed by atoms with E-state index in [0.29, 0.717) is 34.1 Å². The van der Waals surface area contributed by atoms with Gasteiger partial charge in [-0.2, -0.15) is 0 Å². The van der Waals surface area contributed by atoms with Crippen molar-refractivity contribution in [1.29, 1.82) is 0 Å². The van der Waals surface area contributed by atoms with E-state index in [0.717, 1.165) is 5.56 Å². The summed E-state index contributed by atoms with van der Waals surface area (Å²) in [5, 5.41) is 12.4. The van der Waals surface area contributed by atoms with E-state index in [4.69, 9.17) is 18.9 Å². The Hall–Kier alpha value is -4.46. The highest BCUT2D eigenvalue weighted by molar-refractivity contribution is 6.04. The standard InChI is InChI=1S/C27H26FNO6/c1-32-24-16-22(29-12-11-23(31)18-7-9-20(30)10-8-18)19(15-21(24)28)6-5-17-13-25(33-2)27(35-4)26(14-17)34-3/h5-16,29-30H,1-4H3/b6-5-,12-11-. The monoisotopic (exact) mass is 479 g/mol. The van der Waals surface area contributed by atoms with E-state index in [-0.39, 0.29) is 17.3 Å². The molecule has 0 bridgehead atoms. The van der Waals surface area contributed by atoms with Gasteiger partial charge in [0.05, 0.1) is 28.4 Å². The van der Waals surface area contributed by atoms with Gasteiger partial charge in [-0.15, -0.1) is 0 Å². The third-order valence-corrected chi connectivity index (χ3v) is 5.09. The van der Waals surface area contributed by atoms with Crippen molar-refractivity contribution in [3.63, 3.8) is 0 Å². The highest BCUT2D eigenvalue weighted by Gasteiger charge is 2.13. The first-order chi connectivity index (χ1) is 16.9. The number of allylic oxidation sites excluding steroid dienone is 1. The Bertz CT molecular complexity index is 1230. The van der Waals surface area contributed by atoms with Gasteiger partial charge in [-0.1, -0.05) is 12.2 Å². The Balaban J connectivity index is 1.90. The summed E-state index contributed by atoms with van der Waals surface area (Å²) < 4.78 is 35.7. The van der Waals surface area contributed by atoms with Crippen molar-refractivity contribution in [2.24, 2.45) is 0 Å². The van der Waals surface area contributed by atoms with Gasteiger partial charge in [0.15, 0.2) is 28.8 Å². The van der Waals surface area contributed by atoms with E-state index in [1.807, 2.05) is 0 Å². The third kappa shape index (κ3) is 6.11. The SMILES string of the molecule is COc1cc(N/C=C\C(=O)c2ccc(O)cc2)c(/C=C\c2cc(OC)c(OC)c(OC)c2)cc1F. The number of ketones is 1. The average Bonchev–Trinajstić information content (AvgIpc) is 2.87. The minimum Gasteiger partial charge on any atom is -0.508 e. The minimum absolute atomic E-state index is 0.0516. The Morgan fingerprint density at radius 1 is 0.857 bits per heavy atom. The van der Waals surface area contributed by atoms with Crippen molar-refractivity contribution in [3.05, 3.63) is 83.3 Å². The number of hydrogen-bond donors (Lipinski definition) is 2. The quantitative estimate of drug-likeness (QED) is 0.224. The summed E-state index contributed by atoms with van der Waals surface area (Å²) in [4.78, 5) is 12.4. The molecule has 0 heterocycles. The van der Waals surface area contributed by atoms with Gasteiger partial charge in [0, 0.05) is 35.2 Å². The topological polar surface area (TPSA) is 86.3 Å². The predicted molar refractivity (Wildman–Crippen MR) is 133 cm³/mol. The van der Waals surface area contributed by atoms with Crippen LogP contribution in [0.4, 0.5) is 10.1 Å². The van der Waals surface area contributed by atoms with Crippen LogP contribution < -0.4 is 24.3 Å². The summed E-state index contributed by atoms with van der Waals surface area (Å²) in [5.74, 6) is 0.769. The van der Waals surface area contributed by atoms with Crippen LogP contribution in [0.3, 0.4) is 0 Å². The van der Waals surface area contributed by atoms with Crippen LogP contribution in [0.25, 0.3) is 12.2 Å². The molecule has 0 radical (unpaired) electrons. The molecule has 2 N–H and O–H groups in total. The number of phenols is 1. The number of benzene rings is 3. The van der Waals surface area contributed by atoms with Crippen molar-refractivity contribution in [3.8, 4) is 28.7 Å². The molecule has 0 aliphatic carbocycles. The van der Waals surface area contributed by atoms with E-state index in [1.54, 1.807) is 24.3 Å². The molecule has 0 aliphatic rings. The van der Waals surface area contributed by atoms with Crippen molar-refractivity contribution in [2.75, 3.05) is 33.8 Å². The number of aromatic hydroxyl groups is 1. The maximum Gasteiger partial charge on any atom is 0.203 e. The molecule has 182 valence electrons. The van der Waals surface area contributed by atoms with Crippen LogP contribution in [-0.4, -0.2) is 39.3 Å². The Morgan fingerprint density at radius 3 is 2.06 bits per heavy atom. The number of nitrogens with one attached hydrogen (secondary N) is 1. The number of phenolic OH excluding ortho intramolecular Hbond substituents is 1. The number of carbonyl (C=O) groups is 1. The predicted octanol–water partition coefficient (Wildman–Crippen LogP) is 5.54. The zero-order chi connectivity index (χ0) is 25.4. The molecule has 0 aromatic heterocycles. The first-order valence-corrected chi connectivity index (χ1v) is 10.5. The zero-order valence-corrected chi connectivity index (χ0v) is 19.8. The summed E-state index contributed by atoms with van der Waals surface area (Å²) in [5.41, 5.74) is 2.18. The molecule has 35 heavy (non-hydrogen) atoms. The first-order valence-electron chi connectivity index (χ1n) is 10.5. The van der Waals surface area contributed by atoms with Crippen LogP contribution in [0.1, 0.15) is 21.5 Å². The lowest BCUT2D eigenvalue weighted by Gasteiger charge is -2.13. The molecule has 3 aromatic rings. The minimum atomic E-state index is -0.535. The summed E-state index contributed by atoms with van der Waals surface area (Å²) in [6.07, 6.45) is 6.27. The number of carbonyl (C=O) groups excluding carboxylic acids is 1. The number of rotatable bonds is 10. The molecular weight excluding hydrogens is 453 g/mol. The maximum atomic E-state index is 14.5. The molecule has 7 nitrogen and oxygen atoms in total. The van der Waals surface area contributed by atoms with Crippen LogP contribution in [0.2, 0.25) is 0 Å². The van der Waals surface area contributed by atoms with Crippen LogP contribution >= 0.6 is 0 Å². The molecule has 0 atom stereocenters. The largest absolute Gasteiger partial charge is 0.508 e. The smallest absolute Gasteiger partial charge is 0.203 e. The lowest BCUT2D eigenvalue weighted by atomic mass is 10.1. The molecule has 3 aromatic carbocycles. The van der Waals surface area contributed by atoms with Crippen molar-refractivity contribution in [1.82, 2.24) is 0 Å². The second-order valence-corrected chi connectivity index (χ2v) is 7.25. The van der Waals surface area contributed by atoms with Crippen molar-refractivity contribution >= 4 is 23.6 Å². The second kappa shape index (κ2) is 11.6. The first kappa shape index (κ1) is 25.2. The normalized spacial score (nSPS) is 11.0. The third-order valence-electron chi connectivity index (χ3n) is 5.09. The molecule has 0 saturated carbocycles. The molecule has 0 aliphatic heterocycles. The van der Waals surface area contributed by atoms with E-state index < -0.39 is 5.82 Å². The fourth-order valence-electron chi connectivity index (χ4n) is 3.30. The molecule has 0 unspecified atom stereocenters. The highest BCUT2D eigenvalue weighted by Crippen LogP contribution is 2.39. The number of methoxy groups -OCH3 is 4. The van der Waals surface area contributed by atoms with E-state index in [2.05, 4.69) is 5.32 Å². The molecule has 8 heteroatoms. The Morgan fingerprint density at radius 2 is 1.49 bits per heavy atom. The second-order valence-electron chi connectivity index (χ2n) is 7.25. The average molecular weight is 480 g/mol. The summed E-state index contributed by atoms with van der Waals surface area (Å²) >= 11 is 0. The van der Waals surface area contributed by atoms with Gasteiger partial charge in [-0.25, -0.2) is 4.39 Å². The van der Waals surface area contributed by atoms with Crippen LogP contribution in [-0.2, 0) is 0 Å². The van der Waals surface area contributed by atoms with Gasteiger partial charge < -0.3 is 29.4 Å². The van der Waals surface area contributed by atoms with Gasteiger partial charge in [-0.3, -0.25) is 4.79 Å². The summed E-state index contributed by atoms with van der Waals surface area (Å²) in [6, 6.07) is 12.3. The highest BCUT2D eigenvalue weighted by atomic mass is 19.1. The molecule has 0 saturated heterocycles. The van der Waals surface area contributed by atoms with Crippen molar-refractivity contribution in [2.45, 2.75) is 0 Å². The number of hydrogen-bond acceptors (Lipinski definition) is 7. The van der Waals surface area contributed by atoms with Gasteiger partial charge >= 0.3 is 0 Å². The van der Waals surface area contributed by atoms with Gasteiger partial charge in [0.25, 0.3) is 0 Å². The van der Waals surface area contributed by atoms with E-state index >= 15 is 0 Å². The van der Waals surface area contributed by atoms with Crippen LogP contribution in [0.15, 0.2) is 60.8 Å². The molecular formula is C27H26FNO6. The van der Waals surface area contributed by atoms with Gasteiger partial charge in [-0.05, 0) is 48.0 Å². The number of anilines is 1. The maximum absolute atomic E-state index is 14.5. The Labute approximate surface area is 203 Å². The summed E-state index contributed by atoms with van der Waals surface area (Å²) in [6.45, 7) is 0. The van der Waals surface area contributed by atoms with Gasteiger partial charge in [0.2, 0.25) is 5.75 Å². The van der Waals surface area contributed by atoms with E-state index in [1.165, 1.54) is 77.1 Å². The lowest BCUT2D eigenvalue weighted by molar-refractivity contribution is 0.104. The zero-order valence-electron chi connectivity index (χ0n) is 19.8. The molecule has 0 fully saturated rings. The lowest BCUT2D eigenvalue weighted by Crippen LogP contribution is -1.98.